The first-order valence-electron chi connectivity index (χ1n) is 6.24. The smallest absolute Gasteiger partial charge is 0.163 e. The quantitative estimate of drug-likeness (QED) is 0.551. The Labute approximate surface area is 131 Å². The number of hydrogen-bond acceptors (Lipinski definition) is 3. The van der Waals surface area contributed by atoms with E-state index in [0.717, 1.165) is 21.5 Å². The molecule has 0 aliphatic heterocycles. The molecular formula is C16H15BrO2S. The molecule has 0 bridgehead atoms. The van der Waals surface area contributed by atoms with E-state index in [4.69, 9.17) is 4.74 Å². The Morgan fingerprint density at radius 2 is 1.75 bits per heavy atom. The van der Waals surface area contributed by atoms with Crippen molar-refractivity contribution in [3.63, 3.8) is 0 Å². The minimum atomic E-state index is 0.164. The number of rotatable bonds is 6. The molecule has 20 heavy (non-hydrogen) atoms. The van der Waals surface area contributed by atoms with Gasteiger partial charge in [-0.25, -0.2) is 0 Å². The zero-order chi connectivity index (χ0) is 14.4. The van der Waals surface area contributed by atoms with Gasteiger partial charge in [0.25, 0.3) is 0 Å². The molecule has 104 valence electrons. The number of thioether (sulfide) groups is 1. The average Bonchev–Trinajstić information content (AvgIpc) is 2.49. The monoisotopic (exact) mass is 350 g/mol. The van der Waals surface area contributed by atoms with Crippen LogP contribution >= 0.6 is 27.7 Å². The maximum absolute atomic E-state index is 12.0. The summed E-state index contributed by atoms with van der Waals surface area (Å²) in [5, 5.41) is 0. The number of ketones is 1. The van der Waals surface area contributed by atoms with Gasteiger partial charge in [-0.1, -0.05) is 15.9 Å². The third-order valence-electron chi connectivity index (χ3n) is 2.82. The van der Waals surface area contributed by atoms with Crippen molar-refractivity contribution in [1.82, 2.24) is 0 Å². The Kier molecular flexibility index (Phi) is 5.68. The highest BCUT2D eigenvalue weighted by atomic mass is 79.9. The molecule has 0 saturated heterocycles. The second-order valence-corrected chi connectivity index (χ2v) is 6.29. The Morgan fingerprint density at radius 3 is 2.35 bits per heavy atom. The average molecular weight is 351 g/mol. The van der Waals surface area contributed by atoms with E-state index in [-0.39, 0.29) is 5.78 Å². The summed E-state index contributed by atoms with van der Waals surface area (Å²) in [7, 11) is 1.62. The molecule has 0 amide bonds. The summed E-state index contributed by atoms with van der Waals surface area (Å²) >= 11 is 5.10. The molecular weight excluding hydrogens is 336 g/mol. The molecule has 2 nitrogen and oxygen atoms in total. The molecule has 2 aromatic carbocycles. The highest BCUT2D eigenvalue weighted by Gasteiger charge is 2.06. The predicted molar refractivity (Wildman–Crippen MR) is 86.8 cm³/mol. The van der Waals surface area contributed by atoms with Gasteiger partial charge in [0, 0.05) is 27.1 Å². The predicted octanol–water partition coefficient (Wildman–Crippen LogP) is 4.82. The third kappa shape index (κ3) is 4.39. The Hall–Kier alpha value is -1.26. The highest BCUT2D eigenvalue weighted by Crippen LogP contribution is 2.22. The molecule has 0 heterocycles. The van der Waals surface area contributed by atoms with E-state index in [1.54, 1.807) is 18.9 Å². The second-order valence-electron chi connectivity index (χ2n) is 4.20. The van der Waals surface area contributed by atoms with E-state index in [1.807, 2.05) is 48.5 Å². The molecule has 2 aromatic rings. The largest absolute Gasteiger partial charge is 0.497 e. The van der Waals surface area contributed by atoms with Crippen molar-refractivity contribution in [2.75, 3.05) is 12.9 Å². The van der Waals surface area contributed by atoms with Gasteiger partial charge >= 0.3 is 0 Å². The molecule has 0 aliphatic carbocycles. The first-order chi connectivity index (χ1) is 9.69. The van der Waals surface area contributed by atoms with Crippen LogP contribution in [0, 0.1) is 0 Å². The summed E-state index contributed by atoms with van der Waals surface area (Å²) in [6, 6.07) is 15.4. The molecule has 0 unspecified atom stereocenters. The van der Waals surface area contributed by atoms with Gasteiger partial charge < -0.3 is 4.74 Å². The van der Waals surface area contributed by atoms with Gasteiger partial charge in [-0.2, -0.15) is 0 Å². The zero-order valence-corrected chi connectivity index (χ0v) is 13.5. The minimum Gasteiger partial charge on any atom is -0.497 e. The number of ether oxygens (including phenoxy) is 1. The van der Waals surface area contributed by atoms with Crippen LogP contribution < -0.4 is 4.74 Å². The maximum Gasteiger partial charge on any atom is 0.163 e. The summed E-state index contributed by atoms with van der Waals surface area (Å²) < 4.78 is 6.14. The van der Waals surface area contributed by atoms with Gasteiger partial charge in [0.2, 0.25) is 0 Å². The molecule has 4 heteroatoms. The van der Waals surface area contributed by atoms with Gasteiger partial charge in [0.05, 0.1) is 7.11 Å². The SMILES string of the molecule is COc1ccc(C(=O)CCSc2ccc(Br)cc2)cc1. The molecule has 0 spiro atoms. The van der Waals surface area contributed by atoms with Crippen LogP contribution in [0.4, 0.5) is 0 Å². The van der Waals surface area contributed by atoms with Crippen molar-refractivity contribution in [2.24, 2.45) is 0 Å². The second kappa shape index (κ2) is 7.50. The van der Waals surface area contributed by atoms with Crippen LogP contribution in [0.5, 0.6) is 5.75 Å². The first kappa shape index (κ1) is 15.1. The summed E-state index contributed by atoms with van der Waals surface area (Å²) in [6.07, 6.45) is 0.535. The van der Waals surface area contributed by atoms with E-state index in [2.05, 4.69) is 15.9 Å². The lowest BCUT2D eigenvalue weighted by Crippen LogP contribution is -2.00. The summed E-state index contributed by atoms with van der Waals surface area (Å²) in [6.45, 7) is 0. The lowest BCUT2D eigenvalue weighted by Gasteiger charge is -2.04. The van der Waals surface area contributed by atoms with Crippen LogP contribution in [0.3, 0.4) is 0 Å². The van der Waals surface area contributed by atoms with Crippen LogP contribution in [0.2, 0.25) is 0 Å². The van der Waals surface area contributed by atoms with Gasteiger partial charge in [0.15, 0.2) is 5.78 Å². The molecule has 2 rings (SSSR count). The van der Waals surface area contributed by atoms with E-state index >= 15 is 0 Å². The van der Waals surface area contributed by atoms with Crippen molar-refractivity contribution in [2.45, 2.75) is 11.3 Å². The van der Waals surface area contributed by atoms with Crippen LogP contribution in [-0.2, 0) is 0 Å². The maximum atomic E-state index is 12.0. The number of hydrogen-bond donors (Lipinski definition) is 0. The van der Waals surface area contributed by atoms with Gasteiger partial charge in [-0.15, -0.1) is 11.8 Å². The molecule has 0 saturated carbocycles. The van der Waals surface area contributed by atoms with E-state index in [0.29, 0.717) is 6.42 Å². The molecule has 0 aliphatic rings. The topological polar surface area (TPSA) is 26.3 Å². The molecule has 0 radical (unpaired) electrons. The molecule has 0 aromatic heterocycles. The molecule has 0 N–H and O–H groups in total. The van der Waals surface area contributed by atoms with E-state index < -0.39 is 0 Å². The van der Waals surface area contributed by atoms with Crippen LogP contribution in [0.25, 0.3) is 0 Å². The number of Topliss-reactive ketones (excluding diaryl/α,β-unsaturated/α-hetero) is 1. The Balaban J connectivity index is 1.83. The Morgan fingerprint density at radius 1 is 1.10 bits per heavy atom. The molecule has 0 atom stereocenters. The van der Waals surface area contributed by atoms with Crippen molar-refractivity contribution in [1.29, 1.82) is 0 Å². The van der Waals surface area contributed by atoms with E-state index in [9.17, 15) is 4.79 Å². The number of carbonyl (C=O) groups is 1. The van der Waals surface area contributed by atoms with Crippen molar-refractivity contribution >= 4 is 33.5 Å². The minimum absolute atomic E-state index is 0.164. The van der Waals surface area contributed by atoms with Crippen molar-refractivity contribution in [3.8, 4) is 5.75 Å². The molecule has 0 fully saturated rings. The zero-order valence-electron chi connectivity index (χ0n) is 11.1. The normalized spacial score (nSPS) is 10.3. The van der Waals surface area contributed by atoms with Gasteiger partial charge in [0.1, 0.15) is 5.75 Å². The summed E-state index contributed by atoms with van der Waals surface area (Å²) in [5.74, 6) is 1.72. The van der Waals surface area contributed by atoms with Gasteiger partial charge in [-0.3, -0.25) is 4.79 Å². The van der Waals surface area contributed by atoms with Crippen molar-refractivity contribution < 1.29 is 9.53 Å². The lowest BCUT2D eigenvalue weighted by atomic mass is 10.1. The van der Waals surface area contributed by atoms with Crippen molar-refractivity contribution in [3.05, 3.63) is 58.6 Å². The fourth-order valence-corrected chi connectivity index (χ4v) is 2.83. The van der Waals surface area contributed by atoms with E-state index in [1.165, 1.54) is 4.90 Å². The fourth-order valence-electron chi connectivity index (χ4n) is 1.71. The number of carbonyl (C=O) groups excluding carboxylic acids is 1. The standard InChI is InChI=1S/C16H15BrO2S/c1-19-14-6-2-12(3-7-14)16(18)10-11-20-15-8-4-13(17)5-9-15/h2-9H,10-11H2,1H3. The summed E-state index contributed by atoms with van der Waals surface area (Å²) in [5.41, 5.74) is 0.738. The Bertz CT molecular complexity index is 564. The number of methoxy groups -OCH3 is 1. The number of benzene rings is 2. The van der Waals surface area contributed by atoms with Crippen LogP contribution in [-0.4, -0.2) is 18.6 Å². The first-order valence-corrected chi connectivity index (χ1v) is 8.02. The van der Waals surface area contributed by atoms with Crippen LogP contribution in [0.1, 0.15) is 16.8 Å². The fraction of sp³-hybridized carbons (Fsp3) is 0.188. The summed E-state index contributed by atoms with van der Waals surface area (Å²) in [4.78, 5) is 13.2. The van der Waals surface area contributed by atoms with Crippen LogP contribution in [0.15, 0.2) is 57.9 Å². The lowest BCUT2D eigenvalue weighted by molar-refractivity contribution is 0.0989. The number of halogens is 1. The third-order valence-corrected chi connectivity index (χ3v) is 4.37. The highest BCUT2D eigenvalue weighted by molar-refractivity contribution is 9.10. The van der Waals surface area contributed by atoms with Gasteiger partial charge in [-0.05, 0) is 48.5 Å².